The molecule has 1 fully saturated rings. The molecule has 0 atom stereocenters. The third-order valence-electron chi connectivity index (χ3n) is 2.66. The lowest BCUT2D eigenvalue weighted by Gasteiger charge is -2.22. The zero-order valence-corrected chi connectivity index (χ0v) is 9.86. The Balaban J connectivity index is 1.91. The van der Waals surface area contributed by atoms with Gasteiger partial charge in [0.15, 0.2) is 5.69 Å². The SMILES string of the molecule is CCOC(=O)c1coc(NC2CCNCC2)n1. The van der Waals surface area contributed by atoms with Crippen molar-refractivity contribution in [1.29, 1.82) is 0 Å². The molecule has 0 radical (unpaired) electrons. The molecule has 2 heterocycles. The number of hydrogen-bond acceptors (Lipinski definition) is 6. The van der Waals surface area contributed by atoms with Crippen LogP contribution in [-0.2, 0) is 4.74 Å². The molecule has 1 aromatic rings. The summed E-state index contributed by atoms with van der Waals surface area (Å²) in [4.78, 5) is 15.4. The number of esters is 1. The molecule has 17 heavy (non-hydrogen) atoms. The molecule has 1 aliphatic rings. The first-order valence-electron chi connectivity index (χ1n) is 5.89. The van der Waals surface area contributed by atoms with Crippen molar-refractivity contribution in [3.8, 4) is 0 Å². The van der Waals surface area contributed by atoms with Crippen LogP contribution in [0.4, 0.5) is 6.01 Å². The second kappa shape index (κ2) is 5.67. The number of piperidine rings is 1. The summed E-state index contributed by atoms with van der Waals surface area (Å²) in [7, 11) is 0. The van der Waals surface area contributed by atoms with Crippen molar-refractivity contribution in [1.82, 2.24) is 10.3 Å². The third-order valence-corrected chi connectivity index (χ3v) is 2.66. The van der Waals surface area contributed by atoms with Crippen LogP contribution in [-0.4, -0.2) is 36.7 Å². The van der Waals surface area contributed by atoms with Gasteiger partial charge in [0, 0.05) is 6.04 Å². The van der Waals surface area contributed by atoms with Gasteiger partial charge >= 0.3 is 5.97 Å². The number of rotatable bonds is 4. The third kappa shape index (κ3) is 3.20. The molecule has 1 aliphatic heterocycles. The van der Waals surface area contributed by atoms with Crippen LogP contribution in [0.15, 0.2) is 10.7 Å². The number of ether oxygens (including phenoxy) is 1. The van der Waals surface area contributed by atoms with Crippen LogP contribution in [0.2, 0.25) is 0 Å². The average Bonchev–Trinajstić information content (AvgIpc) is 2.79. The van der Waals surface area contributed by atoms with Gasteiger partial charge in [0.2, 0.25) is 0 Å². The van der Waals surface area contributed by atoms with Crippen LogP contribution in [0.3, 0.4) is 0 Å². The molecule has 2 N–H and O–H groups in total. The lowest BCUT2D eigenvalue weighted by molar-refractivity contribution is 0.0519. The summed E-state index contributed by atoms with van der Waals surface area (Å²) in [6.45, 7) is 4.07. The summed E-state index contributed by atoms with van der Waals surface area (Å²) in [6, 6.07) is 0.741. The number of carbonyl (C=O) groups is 1. The van der Waals surface area contributed by atoms with Crippen molar-refractivity contribution in [2.24, 2.45) is 0 Å². The van der Waals surface area contributed by atoms with Crippen LogP contribution in [0, 0.1) is 0 Å². The molecule has 6 heteroatoms. The quantitative estimate of drug-likeness (QED) is 0.764. The molecule has 0 aromatic carbocycles. The first-order chi connectivity index (χ1) is 8.29. The van der Waals surface area contributed by atoms with Crippen LogP contribution >= 0.6 is 0 Å². The number of carbonyl (C=O) groups excluding carboxylic acids is 1. The molecule has 94 valence electrons. The molecule has 0 saturated carbocycles. The number of nitrogens with zero attached hydrogens (tertiary/aromatic N) is 1. The standard InChI is InChI=1S/C11H17N3O3/c1-2-16-10(15)9-7-17-11(14-9)13-8-3-5-12-6-4-8/h7-8,12H,2-6H2,1H3,(H,13,14). The molecular formula is C11H17N3O3. The van der Waals surface area contributed by atoms with E-state index in [-0.39, 0.29) is 5.69 Å². The molecule has 1 saturated heterocycles. The topological polar surface area (TPSA) is 76.4 Å². The lowest BCUT2D eigenvalue weighted by Crippen LogP contribution is -2.35. The van der Waals surface area contributed by atoms with Crippen molar-refractivity contribution in [2.75, 3.05) is 25.0 Å². The smallest absolute Gasteiger partial charge is 0.360 e. The molecule has 0 spiro atoms. The van der Waals surface area contributed by atoms with Crippen molar-refractivity contribution in [3.63, 3.8) is 0 Å². The molecular weight excluding hydrogens is 222 g/mol. The second-order valence-corrected chi connectivity index (χ2v) is 3.93. The molecule has 2 rings (SSSR count). The molecule has 0 bridgehead atoms. The molecule has 1 aromatic heterocycles. The maximum atomic E-state index is 11.4. The van der Waals surface area contributed by atoms with Crippen molar-refractivity contribution < 1.29 is 13.9 Å². The maximum absolute atomic E-state index is 11.4. The first kappa shape index (κ1) is 11.9. The summed E-state index contributed by atoms with van der Waals surface area (Å²) in [5.74, 6) is -0.449. The molecule has 0 unspecified atom stereocenters. The van der Waals surface area contributed by atoms with E-state index in [2.05, 4.69) is 15.6 Å². The minimum Gasteiger partial charge on any atom is -0.461 e. The summed E-state index contributed by atoms with van der Waals surface area (Å²) in [5, 5.41) is 6.45. The maximum Gasteiger partial charge on any atom is 0.360 e. The highest BCUT2D eigenvalue weighted by Crippen LogP contribution is 2.13. The van der Waals surface area contributed by atoms with Gasteiger partial charge in [0.25, 0.3) is 6.01 Å². The summed E-state index contributed by atoms with van der Waals surface area (Å²) in [5.41, 5.74) is 0.211. The fraction of sp³-hybridized carbons (Fsp3) is 0.636. The Kier molecular flexibility index (Phi) is 3.98. The van der Waals surface area contributed by atoms with Crippen molar-refractivity contribution >= 4 is 12.0 Å². The van der Waals surface area contributed by atoms with Gasteiger partial charge in [-0.2, -0.15) is 4.98 Å². The Labute approximate surface area is 99.7 Å². The van der Waals surface area contributed by atoms with Gasteiger partial charge in [0.1, 0.15) is 6.26 Å². The van der Waals surface area contributed by atoms with E-state index in [0.29, 0.717) is 18.7 Å². The van der Waals surface area contributed by atoms with Gasteiger partial charge < -0.3 is 19.8 Å². The monoisotopic (exact) mass is 239 g/mol. The van der Waals surface area contributed by atoms with Gasteiger partial charge in [0.05, 0.1) is 6.61 Å². The fourth-order valence-corrected chi connectivity index (χ4v) is 1.78. The van der Waals surface area contributed by atoms with E-state index in [4.69, 9.17) is 9.15 Å². The van der Waals surface area contributed by atoms with Crippen LogP contribution in [0.1, 0.15) is 30.3 Å². The van der Waals surface area contributed by atoms with Gasteiger partial charge in [-0.3, -0.25) is 0 Å². The van der Waals surface area contributed by atoms with E-state index in [1.165, 1.54) is 6.26 Å². The minimum atomic E-state index is -0.449. The number of anilines is 1. The Hall–Kier alpha value is -1.56. The van der Waals surface area contributed by atoms with Crippen molar-refractivity contribution in [3.05, 3.63) is 12.0 Å². The zero-order chi connectivity index (χ0) is 12.1. The zero-order valence-electron chi connectivity index (χ0n) is 9.86. The largest absolute Gasteiger partial charge is 0.461 e. The number of aromatic nitrogens is 1. The van der Waals surface area contributed by atoms with Crippen LogP contribution in [0.5, 0.6) is 0 Å². The predicted octanol–water partition coefficient (Wildman–Crippen LogP) is 1.02. The van der Waals surface area contributed by atoms with Gasteiger partial charge in [-0.05, 0) is 32.9 Å². The Morgan fingerprint density at radius 3 is 3.12 bits per heavy atom. The van der Waals surface area contributed by atoms with Gasteiger partial charge in [-0.25, -0.2) is 4.79 Å². The Morgan fingerprint density at radius 1 is 1.65 bits per heavy atom. The van der Waals surface area contributed by atoms with E-state index in [1.54, 1.807) is 6.92 Å². The second-order valence-electron chi connectivity index (χ2n) is 3.93. The highest BCUT2D eigenvalue weighted by molar-refractivity contribution is 5.87. The summed E-state index contributed by atoms with van der Waals surface area (Å²) in [6.07, 6.45) is 3.37. The predicted molar refractivity (Wildman–Crippen MR) is 62.0 cm³/mol. The summed E-state index contributed by atoms with van der Waals surface area (Å²) >= 11 is 0. The van der Waals surface area contributed by atoms with Crippen molar-refractivity contribution in [2.45, 2.75) is 25.8 Å². The number of oxazole rings is 1. The first-order valence-corrected chi connectivity index (χ1v) is 5.89. The van der Waals surface area contributed by atoms with E-state index in [0.717, 1.165) is 25.9 Å². The summed E-state index contributed by atoms with van der Waals surface area (Å²) < 4.78 is 10.0. The lowest BCUT2D eigenvalue weighted by atomic mass is 10.1. The molecule has 0 aliphatic carbocycles. The minimum absolute atomic E-state index is 0.211. The average molecular weight is 239 g/mol. The normalized spacial score (nSPS) is 16.8. The van der Waals surface area contributed by atoms with E-state index < -0.39 is 5.97 Å². The van der Waals surface area contributed by atoms with Gasteiger partial charge in [-0.15, -0.1) is 0 Å². The van der Waals surface area contributed by atoms with Crippen LogP contribution in [0.25, 0.3) is 0 Å². The number of nitrogens with one attached hydrogen (secondary N) is 2. The highest BCUT2D eigenvalue weighted by Gasteiger charge is 2.17. The van der Waals surface area contributed by atoms with E-state index in [1.807, 2.05) is 0 Å². The Morgan fingerprint density at radius 2 is 2.41 bits per heavy atom. The Bertz CT molecular complexity index is 372. The highest BCUT2D eigenvalue weighted by atomic mass is 16.5. The van der Waals surface area contributed by atoms with Crippen LogP contribution < -0.4 is 10.6 Å². The fourth-order valence-electron chi connectivity index (χ4n) is 1.78. The number of hydrogen-bond donors (Lipinski definition) is 2. The molecule has 0 amide bonds. The van der Waals surface area contributed by atoms with E-state index in [9.17, 15) is 4.79 Å². The van der Waals surface area contributed by atoms with E-state index >= 15 is 0 Å². The molecule has 6 nitrogen and oxygen atoms in total. The van der Waals surface area contributed by atoms with Gasteiger partial charge in [-0.1, -0.05) is 0 Å².